The summed E-state index contributed by atoms with van der Waals surface area (Å²) in [6.45, 7) is 4.78. The average molecular weight is 431 g/mol. The number of nitrogens with one attached hydrogen (secondary N) is 3. The highest BCUT2D eigenvalue weighted by Gasteiger charge is 2.14. The van der Waals surface area contributed by atoms with E-state index >= 15 is 0 Å². The van der Waals surface area contributed by atoms with Crippen LogP contribution in [0.4, 0.5) is 11.4 Å². The van der Waals surface area contributed by atoms with Crippen molar-refractivity contribution < 1.29 is 19.1 Å². The van der Waals surface area contributed by atoms with Crippen molar-refractivity contribution >= 4 is 23.2 Å². The Morgan fingerprint density at radius 3 is 2.47 bits per heavy atom. The van der Waals surface area contributed by atoms with Crippen LogP contribution in [0.15, 0.2) is 60.7 Å². The molecular formula is C25H25N3O4. The molecule has 0 radical (unpaired) electrons. The quantitative estimate of drug-likeness (QED) is 0.526. The first-order chi connectivity index (χ1) is 15.5. The lowest BCUT2D eigenvalue weighted by atomic mass is 10.1. The summed E-state index contributed by atoms with van der Waals surface area (Å²) < 4.78 is 10.6. The molecule has 0 saturated heterocycles. The second-order valence-electron chi connectivity index (χ2n) is 7.67. The van der Waals surface area contributed by atoms with Crippen molar-refractivity contribution in [3.05, 3.63) is 82.9 Å². The van der Waals surface area contributed by atoms with E-state index in [1.165, 1.54) is 5.56 Å². The van der Waals surface area contributed by atoms with E-state index in [9.17, 15) is 9.59 Å². The summed E-state index contributed by atoms with van der Waals surface area (Å²) in [7, 11) is 0. The molecule has 32 heavy (non-hydrogen) atoms. The number of hydrogen-bond donors (Lipinski definition) is 3. The first-order valence-corrected chi connectivity index (χ1v) is 10.4. The Balaban J connectivity index is 1.26. The van der Waals surface area contributed by atoms with Crippen molar-refractivity contribution in [2.45, 2.75) is 20.4 Å². The highest BCUT2D eigenvalue weighted by molar-refractivity contribution is 5.96. The molecule has 1 aliphatic heterocycles. The Kier molecular flexibility index (Phi) is 6.26. The van der Waals surface area contributed by atoms with Crippen LogP contribution in [0.5, 0.6) is 11.5 Å². The molecule has 0 fully saturated rings. The molecule has 4 rings (SSSR count). The predicted molar refractivity (Wildman–Crippen MR) is 123 cm³/mol. The van der Waals surface area contributed by atoms with E-state index in [1.807, 2.05) is 44.2 Å². The van der Waals surface area contributed by atoms with Crippen molar-refractivity contribution in [3.63, 3.8) is 0 Å². The van der Waals surface area contributed by atoms with Gasteiger partial charge in [0.25, 0.3) is 5.91 Å². The van der Waals surface area contributed by atoms with E-state index in [1.54, 1.807) is 24.3 Å². The maximum absolute atomic E-state index is 12.4. The van der Waals surface area contributed by atoms with E-state index in [-0.39, 0.29) is 25.2 Å². The van der Waals surface area contributed by atoms with Gasteiger partial charge in [0.15, 0.2) is 11.5 Å². The van der Waals surface area contributed by atoms with Gasteiger partial charge in [-0.05, 0) is 67.4 Å². The van der Waals surface area contributed by atoms with Crippen molar-refractivity contribution in [2.24, 2.45) is 0 Å². The van der Waals surface area contributed by atoms with Gasteiger partial charge in [-0.3, -0.25) is 9.59 Å². The summed E-state index contributed by atoms with van der Waals surface area (Å²) in [6, 6.07) is 18.4. The molecule has 0 aliphatic carbocycles. The number of carbonyl (C=O) groups is 2. The van der Waals surface area contributed by atoms with Gasteiger partial charge in [0.05, 0.1) is 6.54 Å². The Morgan fingerprint density at radius 2 is 1.69 bits per heavy atom. The maximum atomic E-state index is 12.4. The molecule has 1 heterocycles. The van der Waals surface area contributed by atoms with Gasteiger partial charge in [-0.15, -0.1) is 0 Å². The van der Waals surface area contributed by atoms with Gasteiger partial charge in [0.1, 0.15) is 0 Å². The van der Waals surface area contributed by atoms with E-state index in [4.69, 9.17) is 9.47 Å². The lowest BCUT2D eigenvalue weighted by molar-refractivity contribution is -0.114. The van der Waals surface area contributed by atoms with Crippen molar-refractivity contribution in [1.82, 2.24) is 5.32 Å². The Morgan fingerprint density at radius 1 is 0.906 bits per heavy atom. The SMILES string of the molecule is Cc1ccc(NCC(=O)Nc2ccc(C(=O)NCc3ccc4c(c3)OCO4)cc2)c(C)c1. The van der Waals surface area contributed by atoms with Gasteiger partial charge in [-0.2, -0.15) is 0 Å². The lowest BCUT2D eigenvalue weighted by Gasteiger charge is -2.11. The topological polar surface area (TPSA) is 88.7 Å². The van der Waals surface area contributed by atoms with Gasteiger partial charge in [0.2, 0.25) is 12.7 Å². The third-order valence-electron chi connectivity index (χ3n) is 5.14. The standard InChI is InChI=1S/C25H25N3O4/c1-16-3-9-21(17(2)11-16)26-14-24(29)28-20-7-5-19(6-8-20)25(30)27-13-18-4-10-22-23(12-18)32-15-31-22/h3-12,26H,13-15H2,1-2H3,(H,27,30)(H,28,29). The normalized spacial score (nSPS) is 11.7. The molecule has 3 N–H and O–H groups in total. The van der Waals surface area contributed by atoms with Crippen LogP contribution in [-0.2, 0) is 11.3 Å². The first kappa shape index (κ1) is 21.2. The van der Waals surface area contributed by atoms with Gasteiger partial charge < -0.3 is 25.4 Å². The summed E-state index contributed by atoms with van der Waals surface area (Å²) in [5.74, 6) is 1.04. The number of carbonyl (C=O) groups excluding carboxylic acids is 2. The van der Waals surface area contributed by atoms with E-state index in [2.05, 4.69) is 22.0 Å². The minimum absolute atomic E-state index is 0.154. The Labute approximate surface area is 186 Å². The summed E-state index contributed by atoms with van der Waals surface area (Å²) in [4.78, 5) is 24.7. The Bertz CT molecular complexity index is 1140. The first-order valence-electron chi connectivity index (χ1n) is 10.4. The number of anilines is 2. The van der Waals surface area contributed by atoms with Crippen LogP contribution in [0.25, 0.3) is 0 Å². The molecule has 0 unspecified atom stereocenters. The smallest absolute Gasteiger partial charge is 0.251 e. The molecule has 164 valence electrons. The largest absolute Gasteiger partial charge is 0.454 e. The van der Waals surface area contributed by atoms with Crippen molar-refractivity contribution in [2.75, 3.05) is 24.0 Å². The monoisotopic (exact) mass is 431 g/mol. The highest BCUT2D eigenvalue weighted by atomic mass is 16.7. The fourth-order valence-corrected chi connectivity index (χ4v) is 3.43. The third-order valence-corrected chi connectivity index (χ3v) is 5.14. The summed E-state index contributed by atoms with van der Waals surface area (Å²) in [6.07, 6.45) is 0. The van der Waals surface area contributed by atoms with E-state index in [0.717, 1.165) is 16.8 Å². The van der Waals surface area contributed by atoms with Crippen LogP contribution in [0.2, 0.25) is 0 Å². The zero-order valence-corrected chi connectivity index (χ0v) is 18.0. The number of rotatable bonds is 7. The molecule has 7 nitrogen and oxygen atoms in total. The van der Waals surface area contributed by atoms with Crippen LogP contribution < -0.4 is 25.4 Å². The predicted octanol–water partition coefficient (Wildman–Crippen LogP) is 4.01. The highest BCUT2D eigenvalue weighted by Crippen LogP contribution is 2.32. The summed E-state index contributed by atoms with van der Waals surface area (Å²) in [5, 5.41) is 8.86. The number of hydrogen-bond acceptors (Lipinski definition) is 5. The number of amides is 2. The second kappa shape index (κ2) is 9.43. The Hall–Kier alpha value is -4.00. The molecule has 2 amide bonds. The molecule has 3 aromatic carbocycles. The van der Waals surface area contributed by atoms with Gasteiger partial charge in [-0.1, -0.05) is 23.8 Å². The molecule has 0 atom stereocenters. The van der Waals surface area contributed by atoms with Crippen LogP contribution in [0, 0.1) is 13.8 Å². The number of ether oxygens (including phenoxy) is 2. The fraction of sp³-hybridized carbons (Fsp3) is 0.200. The van der Waals surface area contributed by atoms with E-state index in [0.29, 0.717) is 29.3 Å². The van der Waals surface area contributed by atoms with Crippen LogP contribution in [0.3, 0.4) is 0 Å². The molecule has 0 aromatic heterocycles. The number of benzene rings is 3. The van der Waals surface area contributed by atoms with Gasteiger partial charge >= 0.3 is 0 Å². The number of aryl methyl sites for hydroxylation is 2. The van der Waals surface area contributed by atoms with Crippen LogP contribution in [0.1, 0.15) is 27.0 Å². The summed E-state index contributed by atoms with van der Waals surface area (Å²) >= 11 is 0. The summed E-state index contributed by atoms with van der Waals surface area (Å²) in [5.41, 5.74) is 5.26. The van der Waals surface area contributed by atoms with Gasteiger partial charge in [0, 0.05) is 23.5 Å². The minimum atomic E-state index is -0.197. The third kappa shape index (κ3) is 5.18. The van der Waals surface area contributed by atoms with Gasteiger partial charge in [-0.25, -0.2) is 0 Å². The molecule has 3 aromatic rings. The molecular weight excluding hydrogens is 406 g/mol. The second-order valence-corrected chi connectivity index (χ2v) is 7.67. The zero-order chi connectivity index (χ0) is 22.5. The maximum Gasteiger partial charge on any atom is 0.251 e. The van der Waals surface area contributed by atoms with Crippen molar-refractivity contribution in [1.29, 1.82) is 0 Å². The zero-order valence-electron chi connectivity index (χ0n) is 18.0. The number of fused-ring (bicyclic) bond motifs is 1. The molecule has 0 bridgehead atoms. The van der Waals surface area contributed by atoms with E-state index < -0.39 is 0 Å². The molecule has 1 aliphatic rings. The average Bonchev–Trinajstić information content (AvgIpc) is 3.25. The van der Waals surface area contributed by atoms with Crippen molar-refractivity contribution in [3.8, 4) is 11.5 Å². The molecule has 0 saturated carbocycles. The van der Waals surface area contributed by atoms with Crippen LogP contribution >= 0.6 is 0 Å². The fourth-order valence-electron chi connectivity index (χ4n) is 3.43. The minimum Gasteiger partial charge on any atom is -0.454 e. The van der Waals surface area contributed by atoms with Crippen LogP contribution in [-0.4, -0.2) is 25.2 Å². The molecule has 7 heteroatoms. The lowest BCUT2D eigenvalue weighted by Crippen LogP contribution is -2.23. The molecule has 0 spiro atoms.